The van der Waals surface area contributed by atoms with E-state index in [0.717, 1.165) is 11.1 Å². The van der Waals surface area contributed by atoms with Gasteiger partial charge >= 0.3 is 5.97 Å². The van der Waals surface area contributed by atoms with E-state index in [1.54, 1.807) is 12.1 Å². The van der Waals surface area contributed by atoms with E-state index in [4.69, 9.17) is 9.84 Å². The van der Waals surface area contributed by atoms with Gasteiger partial charge in [-0.05, 0) is 23.3 Å². The largest absolute Gasteiger partial charge is 0.482 e. The van der Waals surface area contributed by atoms with Crippen LogP contribution in [0.15, 0.2) is 54.6 Å². The summed E-state index contributed by atoms with van der Waals surface area (Å²) in [5.74, 6) is -0.424. The third kappa shape index (κ3) is 4.32. The lowest BCUT2D eigenvalue weighted by Gasteiger charge is -2.02. The Labute approximate surface area is 111 Å². The molecule has 0 heterocycles. The predicted molar refractivity (Wildman–Crippen MR) is 74.9 cm³/mol. The van der Waals surface area contributed by atoms with Crippen LogP contribution >= 0.6 is 0 Å². The standard InChI is InChI=1S/C16H14O3/c17-16(18)12-19-15-10-8-14(9-11-15)7-6-13-4-2-1-3-5-13/h1-11H,12H2,(H,17,18)/b7-6+. The molecule has 2 rings (SSSR count). The number of rotatable bonds is 5. The van der Waals surface area contributed by atoms with Gasteiger partial charge in [0.25, 0.3) is 0 Å². The van der Waals surface area contributed by atoms with E-state index in [1.807, 2.05) is 54.6 Å². The highest BCUT2D eigenvalue weighted by atomic mass is 16.5. The van der Waals surface area contributed by atoms with Gasteiger partial charge in [-0.1, -0.05) is 54.6 Å². The molecule has 96 valence electrons. The van der Waals surface area contributed by atoms with Crippen LogP contribution in [0.25, 0.3) is 12.2 Å². The van der Waals surface area contributed by atoms with E-state index in [0.29, 0.717) is 5.75 Å². The molecule has 0 saturated heterocycles. The maximum atomic E-state index is 10.4. The molecule has 0 aliphatic heterocycles. The summed E-state index contributed by atoms with van der Waals surface area (Å²) in [4.78, 5) is 10.4. The molecule has 0 fully saturated rings. The molecule has 0 aliphatic carbocycles. The Bertz CT molecular complexity index is 556. The minimum absolute atomic E-state index is 0.320. The van der Waals surface area contributed by atoms with E-state index < -0.39 is 5.97 Å². The Hall–Kier alpha value is -2.55. The summed E-state index contributed by atoms with van der Waals surface area (Å²) in [6, 6.07) is 17.3. The zero-order valence-corrected chi connectivity index (χ0v) is 10.3. The zero-order valence-electron chi connectivity index (χ0n) is 10.3. The number of hydrogen-bond donors (Lipinski definition) is 1. The maximum Gasteiger partial charge on any atom is 0.341 e. The minimum Gasteiger partial charge on any atom is -0.482 e. The molecule has 0 bridgehead atoms. The molecule has 19 heavy (non-hydrogen) atoms. The number of carbonyl (C=O) groups is 1. The number of carboxylic acids is 1. The van der Waals surface area contributed by atoms with Crippen molar-refractivity contribution in [3.05, 3.63) is 65.7 Å². The lowest BCUT2D eigenvalue weighted by Crippen LogP contribution is -2.09. The average molecular weight is 254 g/mol. The zero-order chi connectivity index (χ0) is 13.5. The van der Waals surface area contributed by atoms with Gasteiger partial charge in [0.15, 0.2) is 6.61 Å². The van der Waals surface area contributed by atoms with E-state index in [9.17, 15) is 4.79 Å². The summed E-state index contributed by atoms with van der Waals surface area (Å²) in [5, 5.41) is 8.50. The number of benzene rings is 2. The topological polar surface area (TPSA) is 46.5 Å². The van der Waals surface area contributed by atoms with Gasteiger partial charge in [0, 0.05) is 0 Å². The van der Waals surface area contributed by atoms with Crippen molar-refractivity contribution in [1.82, 2.24) is 0 Å². The van der Waals surface area contributed by atoms with Crippen LogP contribution < -0.4 is 4.74 Å². The molecule has 0 saturated carbocycles. The Balaban J connectivity index is 1.99. The predicted octanol–water partition coefficient (Wildman–Crippen LogP) is 3.32. The fourth-order valence-electron chi connectivity index (χ4n) is 1.58. The fraction of sp³-hybridized carbons (Fsp3) is 0.0625. The first kappa shape index (κ1) is 12.9. The van der Waals surface area contributed by atoms with Gasteiger partial charge in [0.2, 0.25) is 0 Å². The van der Waals surface area contributed by atoms with Crippen LogP contribution in [-0.2, 0) is 4.79 Å². The molecular weight excluding hydrogens is 240 g/mol. The Morgan fingerprint density at radius 2 is 1.53 bits per heavy atom. The Morgan fingerprint density at radius 3 is 2.11 bits per heavy atom. The van der Waals surface area contributed by atoms with Crippen molar-refractivity contribution in [3.8, 4) is 5.75 Å². The first-order valence-corrected chi connectivity index (χ1v) is 5.92. The summed E-state index contributed by atoms with van der Waals surface area (Å²) in [6.07, 6.45) is 4.02. The van der Waals surface area contributed by atoms with Crippen LogP contribution in [-0.4, -0.2) is 17.7 Å². The van der Waals surface area contributed by atoms with Gasteiger partial charge in [-0.25, -0.2) is 4.79 Å². The summed E-state index contributed by atoms with van der Waals surface area (Å²) in [6.45, 7) is -0.320. The highest BCUT2D eigenvalue weighted by molar-refractivity contribution is 5.70. The highest BCUT2D eigenvalue weighted by Crippen LogP contribution is 2.14. The fourth-order valence-corrected chi connectivity index (χ4v) is 1.58. The molecule has 2 aromatic carbocycles. The molecule has 0 unspecified atom stereocenters. The lowest BCUT2D eigenvalue weighted by atomic mass is 10.1. The number of ether oxygens (including phenoxy) is 1. The number of hydrogen-bond acceptors (Lipinski definition) is 2. The summed E-state index contributed by atoms with van der Waals surface area (Å²) in [5.41, 5.74) is 2.17. The molecule has 0 amide bonds. The number of aliphatic carboxylic acids is 1. The molecular formula is C16H14O3. The maximum absolute atomic E-state index is 10.4. The SMILES string of the molecule is O=C(O)COc1ccc(/C=C/c2ccccc2)cc1. The van der Waals surface area contributed by atoms with E-state index >= 15 is 0 Å². The third-order valence-electron chi connectivity index (χ3n) is 2.51. The van der Waals surface area contributed by atoms with Gasteiger partial charge in [-0.3, -0.25) is 0 Å². The van der Waals surface area contributed by atoms with Gasteiger partial charge in [0.05, 0.1) is 0 Å². The van der Waals surface area contributed by atoms with Crippen LogP contribution in [0.1, 0.15) is 11.1 Å². The normalized spacial score (nSPS) is 10.5. The van der Waals surface area contributed by atoms with Crippen molar-refractivity contribution in [2.24, 2.45) is 0 Å². The highest BCUT2D eigenvalue weighted by Gasteiger charge is 1.98. The molecule has 0 atom stereocenters. The van der Waals surface area contributed by atoms with Crippen molar-refractivity contribution in [2.45, 2.75) is 0 Å². The summed E-state index contributed by atoms with van der Waals surface area (Å²) in [7, 11) is 0. The second-order valence-electron chi connectivity index (χ2n) is 4.00. The lowest BCUT2D eigenvalue weighted by molar-refractivity contribution is -0.139. The van der Waals surface area contributed by atoms with Gasteiger partial charge in [-0.2, -0.15) is 0 Å². The van der Waals surface area contributed by atoms with Crippen LogP contribution in [0.5, 0.6) is 5.75 Å². The van der Waals surface area contributed by atoms with E-state index in [2.05, 4.69) is 0 Å². The van der Waals surface area contributed by atoms with E-state index in [-0.39, 0.29) is 6.61 Å². The summed E-state index contributed by atoms with van der Waals surface area (Å²) < 4.78 is 5.06. The van der Waals surface area contributed by atoms with Crippen LogP contribution in [0.4, 0.5) is 0 Å². The molecule has 0 aromatic heterocycles. The quantitative estimate of drug-likeness (QED) is 0.832. The molecule has 2 aromatic rings. The molecule has 0 spiro atoms. The molecule has 0 radical (unpaired) electrons. The average Bonchev–Trinajstić information content (AvgIpc) is 2.45. The molecule has 3 nitrogen and oxygen atoms in total. The second kappa shape index (κ2) is 6.40. The summed E-state index contributed by atoms with van der Waals surface area (Å²) >= 11 is 0. The smallest absolute Gasteiger partial charge is 0.341 e. The Kier molecular flexibility index (Phi) is 4.34. The van der Waals surface area contributed by atoms with E-state index in [1.165, 1.54) is 0 Å². The van der Waals surface area contributed by atoms with Gasteiger partial charge in [-0.15, -0.1) is 0 Å². The first-order chi connectivity index (χ1) is 9.24. The Morgan fingerprint density at radius 1 is 0.947 bits per heavy atom. The van der Waals surface area contributed by atoms with Crippen molar-refractivity contribution < 1.29 is 14.6 Å². The van der Waals surface area contributed by atoms with Crippen molar-refractivity contribution in [3.63, 3.8) is 0 Å². The van der Waals surface area contributed by atoms with Crippen molar-refractivity contribution >= 4 is 18.1 Å². The number of carboxylic acid groups (broad SMARTS) is 1. The first-order valence-electron chi connectivity index (χ1n) is 5.92. The van der Waals surface area contributed by atoms with Crippen LogP contribution in [0.3, 0.4) is 0 Å². The van der Waals surface area contributed by atoms with Gasteiger partial charge < -0.3 is 9.84 Å². The third-order valence-corrected chi connectivity index (χ3v) is 2.51. The molecule has 3 heteroatoms. The second-order valence-corrected chi connectivity index (χ2v) is 4.00. The van der Waals surface area contributed by atoms with Crippen LogP contribution in [0, 0.1) is 0 Å². The van der Waals surface area contributed by atoms with Crippen molar-refractivity contribution in [2.75, 3.05) is 6.61 Å². The van der Waals surface area contributed by atoms with Crippen molar-refractivity contribution in [1.29, 1.82) is 0 Å². The molecule has 0 aliphatic rings. The van der Waals surface area contributed by atoms with Gasteiger partial charge in [0.1, 0.15) is 5.75 Å². The van der Waals surface area contributed by atoms with Crippen LogP contribution in [0.2, 0.25) is 0 Å². The monoisotopic (exact) mass is 254 g/mol. The minimum atomic E-state index is -0.979. The molecule has 1 N–H and O–H groups in total.